The van der Waals surface area contributed by atoms with E-state index in [1.54, 1.807) is 12.4 Å². The predicted octanol–water partition coefficient (Wildman–Crippen LogP) is 4.07. The molecule has 2 amide bonds. The largest absolute Gasteiger partial charge is 0.332 e. The van der Waals surface area contributed by atoms with Crippen molar-refractivity contribution in [2.24, 2.45) is 0 Å². The SMILES string of the molecule is CC1(C)C(=O)Nc2ccc(C(=O)N3CCCCCC3c3ccncc3)cc21. The van der Waals surface area contributed by atoms with Crippen molar-refractivity contribution >= 4 is 17.5 Å². The molecule has 1 saturated heterocycles. The van der Waals surface area contributed by atoms with Crippen molar-refractivity contribution in [3.05, 3.63) is 59.4 Å². The fraction of sp³-hybridized carbons (Fsp3) is 0.409. The van der Waals surface area contributed by atoms with Crippen LogP contribution in [-0.2, 0) is 10.2 Å². The summed E-state index contributed by atoms with van der Waals surface area (Å²) in [4.78, 5) is 31.8. The van der Waals surface area contributed by atoms with Gasteiger partial charge >= 0.3 is 0 Å². The van der Waals surface area contributed by atoms with Gasteiger partial charge in [0.1, 0.15) is 0 Å². The lowest BCUT2D eigenvalue weighted by atomic mass is 9.85. The van der Waals surface area contributed by atoms with Crippen LogP contribution in [0.4, 0.5) is 5.69 Å². The van der Waals surface area contributed by atoms with Crippen molar-refractivity contribution in [2.75, 3.05) is 11.9 Å². The van der Waals surface area contributed by atoms with Gasteiger partial charge < -0.3 is 10.2 Å². The second-order valence-corrected chi connectivity index (χ2v) is 7.98. The number of anilines is 1. The highest BCUT2D eigenvalue weighted by atomic mass is 16.2. The first-order valence-corrected chi connectivity index (χ1v) is 9.65. The first-order valence-electron chi connectivity index (χ1n) is 9.65. The molecule has 0 bridgehead atoms. The van der Waals surface area contributed by atoms with Crippen LogP contribution in [0.15, 0.2) is 42.7 Å². The molecule has 1 unspecified atom stereocenters. The molecule has 2 aromatic rings. The van der Waals surface area contributed by atoms with Crippen LogP contribution in [0, 0.1) is 0 Å². The molecule has 4 rings (SSSR count). The molecule has 27 heavy (non-hydrogen) atoms. The fourth-order valence-corrected chi connectivity index (χ4v) is 4.15. The van der Waals surface area contributed by atoms with Crippen molar-refractivity contribution in [1.82, 2.24) is 9.88 Å². The quantitative estimate of drug-likeness (QED) is 0.875. The summed E-state index contributed by atoms with van der Waals surface area (Å²) in [6, 6.07) is 9.66. The van der Waals surface area contributed by atoms with Gasteiger partial charge in [-0.25, -0.2) is 0 Å². The number of likely N-dealkylation sites (tertiary alicyclic amines) is 1. The highest BCUT2D eigenvalue weighted by Crippen LogP contribution is 2.38. The van der Waals surface area contributed by atoms with Gasteiger partial charge in [-0.3, -0.25) is 14.6 Å². The maximum Gasteiger partial charge on any atom is 0.254 e. The molecule has 0 aliphatic carbocycles. The maximum atomic E-state index is 13.4. The number of hydrogen-bond acceptors (Lipinski definition) is 3. The summed E-state index contributed by atoms with van der Waals surface area (Å²) in [5.41, 5.74) is 2.88. The highest BCUT2D eigenvalue weighted by molar-refractivity contribution is 6.07. The molecule has 3 heterocycles. The normalized spacial score (nSPS) is 21.3. The highest BCUT2D eigenvalue weighted by Gasteiger charge is 2.39. The molecule has 2 aliphatic rings. The third kappa shape index (κ3) is 3.11. The molecule has 1 atom stereocenters. The Morgan fingerprint density at radius 1 is 1.15 bits per heavy atom. The molecular weight excluding hydrogens is 338 g/mol. The zero-order valence-electron chi connectivity index (χ0n) is 15.9. The van der Waals surface area contributed by atoms with E-state index in [-0.39, 0.29) is 17.9 Å². The third-order valence-corrected chi connectivity index (χ3v) is 5.86. The number of benzene rings is 1. The maximum absolute atomic E-state index is 13.4. The number of hydrogen-bond donors (Lipinski definition) is 1. The lowest BCUT2D eigenvalue weighted by Crippen LogP contribution is -2.35. The van der Waals surface area contributed by atoms with Crippen molar-refractivity contribution in [3.63, 3.8) is 0 Å². The summed E-state index contributed by atoms with van der Waals surface area (Å²) in [6.07, 6.45) is 7.82. The average Bonchev–Trinajstić information content (AvgIpc) is 2.85. The molecule has 5 nitrogen and oxygen atoms in total. The third-order valence-electron chi connectivity index (χ3n) is 5.86. The molecule has 1 N–H and O–H groups in total. The molecule has 1 aromatic heterocycles. The van der Waals surface area contributed by atoms with E-state index in [1.165, 1.54) is 0 Å². The van der Waals surface area contributed by atoms with Gasteiger partial charge in [0.05, 0.1) is 11.5 Å². The fourth-order valence-electron chi connectivity index (χ4n) is 4.15. The van der Waals surface area contributed by atoms with Crippen molar-refractivity contribution < 1.29 is 9.59 Å². The van der Waals surface area contributed by atoms with Gasteiger partial charge in [-0.05, 0) is 68.1 Å². The topological polar surface area (TPSA) is 62.3 Å². The first-order chi connectivity index (χ1) is 13.0. The van der Waals surface area contributed by atoms with Crippen LogP contribution in [0.2, 0.25) is 0 Å². The minimum atomic E-state index is -0.616. The number of nitrogens with one attached hydrogen (secondary N) is 1. The Bertz CT molecular complexity index is 876. The van der Waals surface area contributed by atoms with Crippen LogP contribution in [0.5, 0.6) is 0 Å². The summed E-state index contributed by atoms with van der Waals surface area (Å²) in [7, 11) is 0. The van der Waals surface area contributed by atoms with Gasteiger partial charge in [-0.1, -0.05) is 12.8 Å². The number of rotatable bonds is 2. The van der Waals surface area contributed by atoms with Gasteiger partial charge in [0.15, 0.2) is 0 Å². The van der Waals surface area contributed by atoms with E-state index < -0.39 is 5.41 Å². The second kappa shape index (κ2) is 6.80. The zero-order valence-corrected chi connectivity index (χ0v) is 15.9. The number of carbonyl (C=O) groups excluding carboxylic acids is 2. The predicted molar refractivity (Wildman–Crippen MR) is 105 cm³/mol. The Balaban J connectivity index is 1.69. The van der Waals surface area contributed by atoms with Gasteiger partial charge in [0, 0.05) is 30.2 Å². The van der Waals surface area contributed by atoms with Crippen molar-refractivity contribution in [1.29, 1.82) is 0 Å². The van der Waals surface area contributed by atoms with E-state index in [9.17, 15) is 9.59 Å². The lowest BCUT2D eigenvalue weighted by Gasteiger charge is -2.31. The summed E-state index contributed by atoms with van der Waals surface area (Å²) in [5.74, 6) is 0.0168. The van der Waals surface area contributed by atoms with Crippen LogP contribution in [0.1, 0.15) is 67.1 Å². The van der Waals surface area contributed by atoms with E-state index in [0.717, 1.165) is 49.0 Å². The van der Waals surface area contributed by atoms with Crippen LogP contribution in [0.3, 0.4) is 0 Å². The Kier molecular flexibility index (Phi) is 4.46. The van der Waals surface area contributed by atoms with Gasteiger partial charge in [-0.2, -0.15) is 0 Å². The average molecular weight is 363 g/mol. The molecule has 0 radical (unpaired) electrons. The smallest absolute Gasteiger partial charge is 0.254 e. The molecule has 0 saturated carbocycles. The van der Waals surface area contributed by atoms with Gasteiger partial charge in [-0.15, -0.1) is 0 Å². The van der Waals surface area contributed by atoms with Crippen LogP contribution in [0.25, 0.3) is 0 Å². The summed E-state index contributed by atoms with van der Waals surface area (Å²) >= 11 is 0. The summed E-state index contributed by atoms with van der Waals surface area (Å²) in [5, 5.41) is 2.91. The molecule has 1 aromatic carbocycles. The van der Waals surface area contributed by atoms with E-state index in [4.69, 9.17) is 0 Å². The minimum absolute atomic E-state index is 0.0217. The monoisotopic (exact) mass is 363 g/mol. The zero-order chi connectivity index (χ0) is 19.0. The molecule has 0 spiro atoms. The Morgan fingerprint density at radius 2 is 1.93 bits per heavy atom. The summed E-state index contributed by atoms with van der Waals surface area (Å²) in [6.45, 7) is 4.55. The van der Waals surface area contributed by atoms with Crippen molar-refractivity contribution in [2.45, 2.75) is 51.0 Å². The second-order valence-electron chi connectivity index (χ2n) is 7.98. The molecule has 5 heteroatoms. The molecule has 140 valence electrons. The van der Waals surface area contributed by atoms with Crippen LogP contribution >= 0.6 is 0 Å². The number of fused-ring (bicyclic) bond motifs is 1. The van der Waals surface area contributed by atoms with Gasteiger partial charge in [0.25, 0.3) is 5.91 Å². The Morgan fingerprint density at radius 3 is 2.70 bits per heavy atom. The number of aromatic nitrogens is 1. The molecular formula is C22H25N3O2. The summed E-state index contributed by atoms with van der Waals surface area (Å²) < 4.78 is 0. The van der Waals surface area contributed by atoms with Crippen LogP contribution < -0.4 is 5.32 Å². The van der Waals surface area contributed by atoms with Crippen molar-refractivity contribution in [3.8, 4) is 0 Å². The Labute approximate surface area is 159 Å². The standard InChI is InChI=1S/C22H25N3O2/c1-22(2)17-14-16(7-8-18(17)24-21(22)27)20(26)25-13-5-3-4-6-19(25)15-9-11-23-12-10-15/h7-12,14,19H,3-6,13H2,1-2H3,(H,24,27). The van der Waals surface area contributed by atoms with E-state index in [2.05, 4.69) is 10.3 Å². The number of amides is 2. The number of nitrogens with zero attached hydrogens (tertiary/aromatic N) is 2. The van der Waals surface area contributed by atoms with Crippen LogP contribution in [-0.4, -0.2) is 28.2 Å². The minimum Gasteiger partial charge on any atom is -0.332 e. The molecule has 1 fully saturated rings. The number of carbonyl (C=O) groups is 2. The van der Waals surface area contributed by atoms with E-state index in [1.807, 2.05) is 49.1 Å². The lowest BCUT2D eigenvalue weighted by molar-refractivity contribution is -0.119. The van der Waals surface area contributed by atoms with E-state index in [0.29, 0.717) is 5.56 Å². The Hall–Kier alpha value is -2.69. The number of pyridine rings is 1. The molecule has 2 aliphatic heterocycles. The first kappa shape index (κ1) is 17.7. The van der Waals surface area contributed by atoms with E-state index >= 15 is 0 Å². The van der Waals surface area contributed by atoms with Gasteiger partial charge in [0.2, 0.25) is 5.91 Å².